The number of aromatic nitrogens is 3. The predicted octanol–water partition coefficient (Wildman–Crippen LogP) is 2.13. The highest BCUT2D eigenvalue weighted by atomic mass is 32.1. The number of H-pyrrole nitrogens is 1. The lowest BCUT2D eigenvalue weighted by atomic mass is 10.3. The fraction of sp³-hybridized carbons (Fsp3) is 0.833. The monoisotopic (exact) mass is 271 g/mol. The fourth-order valence-corrected chi connectivity index (χ4v) is 2.17. The Balaban J connectivity index is 2.72. The summed E-state index contributed by atoms with van der Waals surface area (Å²) in [6.07, 6.45) is 2.20. The molecule has 0 amide bonds. The molecule has 18 heavy (non-hydrogen) atoms. The van der Waals surface area contributed by atoms with Gasteiger partial charge in [-0.15, -0.1) is 5.10 Å². The number of nitrogens with one attached hydrogen (secondary N) is 1. The smallest absolute Gasteiger partial charge is 0.225 e. The van der Waals surface area contributed by atoms with Crippen molar-refractivity contribution in [2.75, 3.05) is 38.6 Å². The summed E-state index contributed by atoms with van der Waals surface area (Å²) in [5.74, 6) is 0.975. The lowest BCUT2D eigenvalue weighted by Crippen LogP contribution is -2.29. The molecule has 0 aliphatic carbocycles. The van der Waals surface area contributed by atoms with E-state index in [0.29, 0.717) is 0 Å². The number of hydrogen-bond donors (Lipinski definition) is 1. The van der Waals surface area contributed by atoms with E-state index < -0.39 is 0 Å². The van der Waals surface area contributed by atoms with E-state index in [9.17, 15) is 0 Å². The van der Waals surface area contributed by atoms with Crippen molar-refractivity contribution in [2.24, 2.45) is 0 Å². The quantitative estimate of drug-likeness (QED) is 0.735. The van der Waals surface area contributed by atoms with Crippen LogP contribution in [0.15, 0.2) is 0 Å². The lowest BCUT2D eigenvalue weighted by Gasteiger charge is -2.23. The SMILES string of the molecule is CCCn1c(N(CC)CCCN(C)C)n[nH]c1=S. The van der Waals surface area contributed by atoms with Crippen LogP contribution in [-0.4, -0.2) is 53.4 Å². The molecule has 6 heteroatoms. The Morgan fingerprint density at radius 3 is 2.56 bits per heavy atom. The van der Waals surface area contributed by atoms with Gasteiger partial charge >= 0.3 is 0 Å². The van der Waals surface area contributed by atoms with E-state index in [1.54, 1.807) is 0 Å². The van der Waals surface area contributed by atoms with Crippen molar-refractivity contribution in [3.05, 3.63) is 4.77 Å². The zero-order valence-corrected chi connectivity index (χ0v) is 12.8. The van der Waals surface area contributed by atoms with Crippen LogP contribution in [0.1, 0.15) is 26.7 Å². The third-order valence-corrected chi connectivity index (χ3v) is 3.19. The molecule has 0 unspecified atom stereocenters. The molecule has 104 valence electrons. The van der Waals surface area contributed by atoms with Gasteiger partial charge in [0.2, 0.25) is 5.95 Å². The molecule has 0 aliphatic heterocycles. The van der Waals surface area contributed by atoms with E-state index in [1.165, 1.54) is 0 Å². The molecule has 5 nitrogen and oxygen atoms in total. The van der Waals surface area contributed by atoms with Crippen molar-refractivity contribution in [3.63, 3.8) is 0 Å². The van der Waals surface area contributed by atoms with Crippen LogP contribution in [0.25, 0.3) is 0 Å². The first-order valence-corrected chi connectivity index (χ1v) is 7.05. The minimum absolute atomic E-state index is 0.720. The number of hydrogen-bond acceptors (Lipinski definition) is 4. The molecule has 1 N–H and O–H groups in total. The first-order chi connectivity index (χ1) is 8.60. The molecule has 0 saturated heterocycles. The van der Waals surface area contributed by atoms with Crippen molar-refractivity contribution in [2.45, 2.75) is 33.2 Å². The topological polar surface area (TPSA) is 40.1 Å². The first-order valence-electron chi connectivity index (χ1n) is 6.65. The van der Waals surface area contributed by atoms with Crippen LogP contribution in [0.4, 0.5) is 5.95 Å². The Hall–Kier alpha value is -0.880. The maximum absolute atomic E-state index is 5.27. The van der Waals surface area contributed by atoms with Crippen molar-refractivity contribution in [1.82, 2.24) is 19.7 Å². The van der Waals surface area contributed by atoms with Crippen LogP contribution >= 0.6 is 12.2 Å². The number of rotatable bonds is 8. The molecule has 0 fully saturated rings. The van der Waals surface area contributed by atoms with Gasteiger partial charge in [0, 0.05) is 19.6 Å². The molecule has 0 bridgehead atoms. The third-order valence-electron chi connectivity index (χ3n) is 2.88. The molecule has 0 aromatic carbocycles. The van der Waals surface area contributed by atoms with Crippen molar-refractivity contribution in [1.29, 1.82) is 0 Å². The average molecular weight is 271 g/mol. The summed E-state index contributed by atoms with van der Waals surface area (Å²) >= 11 is 5.27. The zero-order chi connectivity index (χ0) is 13.5. The van der Waals surface area contributed by atoms with Crippen LogP contribution in [0.3, 0.4) is 0 Å². The highest BCUT2D eigenvalue weighted by Gasteiger charge is 2.12. The van der Waals surface area contributed by atoms with Gasteiger partial charge in [-0.25, -0.2) is 5.10 Å². The molecule has 0 atom stereocenters. The molecule has 0 saturated carbocycles. The van der Waals surface area contributed by atoms with Crippen molar-refractivity contribution in [3.8, 4) is 0 Å². The van der Waals surface area contributed by atoms with Gasteiger partial charge < -0.3 is 9.80 Å². The van der Waals surface area contributed by atoms with Gasteiger partial charge in [0.15, 0.2) is 4.77 Å². The summed E-state index contributed by atoms with van der Waals surface area (Å²) in [4.78, 5) is 4.49. The summed E-state index contributed by atoms with van der Waals surface area (Å²) in [6.45, 7) is 8.30. The molecule has 0 radical (unpaired) electrons. The summed E-state index contributed by atoms with van der Waals surface area (Å²) in [6, 6.07) is 0. The van der Waals surface area contributed by atoms with E-state index in [-0.39, 0.29) is 0 Å². The number of anilines is 1. The normalized spacial score (nSPS) is 11.2. The Morgan fingerprint density at radius 1 is 1.28 bits per heavy atom. The highest BCUT2D eigenvalue weighted by Crippen LogP contribution is 2.12. The summed E-state index contributed by atoms with van der Waals surface area (Å²) < 4.78 is 2.81. The maximum Gasteiger partial charge on any atom is 0.225 e. The average Bonchev–Trinajstić information content (AvgIpc) is 2.67. The summed E-state index contributed by atoms with van der Waals surface area (Å²) in [5.41, 5.74) is 0. The summed E-state index contributed by atoms with van der Waals surface area (Å²) in [7, 11) is 4.20. The number of aromatic amines is 1. The van der Waals surface area contributed by atoms with Crippen LogP contribution in [-0.2, 0) is 6.54 Å². The van der Waals surface area contributed by atoms with E-state index >= 15 is 0 Å². The Kier molecular flexibility index (Phi) is 6.35. The first kappa shape index (κ1) is 15.2. The van der Waals surface area contributed by atoms with Gasteiger partial charge in [-0.2, -0.15) is 0 Å². The minimum Gasteiger partial charge on any atom is -0.341 e. The molecule has 1 aromatic rings. The van der Waals surface area contributed by atoms with E-state index in [2.05, 4.69) is 52.5 Å². The summed E-state index contributed by atoms with van der Waals surface area (Å²) in [5, 5.41) is 7.26. The molecule has 1 rings (SSSR count). The van der Waals surface area contributed by atoms with Gasteiger partial charge in [-0.1, -0.05) is 6.92 Å². The maximum atomic E-state index is 5.27. The van der Waals surface area contributed by atoms with Crippen LogP contribution in [0.5, 0.6) is 0 Å². The molecule has 1 heterocycles. The zero-order valence-electron chi connectivity index (χ0n) is 11.9. The standard InChI is InChI=1S/C12H25N5S/c1-5-8-17-11(13-14-12(17)18)16(6-2)10-7-9-15(3)4/h5-10H2,1-4H3,(H,14,18). The Labute approximate surface area is 115 Å². The van der Waals surface area contributed by atoms with Gasteiger partial charge in [0.05, 0.1) is 0 Å². The van der Waals surface area contributed by atoms with Crippen LogP contribution in [0, 0.1) is 4.77 Å². The second-order valence-electron chi connectivity index (χ2n) is 4.72. The minimum atomic E-state index is 0.720. The van der Waals surface area contributed by atoms with E-state index in [1.807, 2.05) is 0 Å². The Morgan fingerprint density at radius 2 is 2.00 bits per heavy atom. The molecular weight excluding hydrogens is 246 g/mol. The second kappa shape index (κ2) is 7.53. The van der Waals surface area contributed by atoms with Crippen LogP contribution in [0.2, 0.25) is 0 Å². The molecular formula is C12H25N5S. The fourth-order valence-electron chi connectivity index (χ4n) is 1.95. The van der Waals surface area contributed by atoms with Gasteiger partial charge in [-0.05, 0) is 52.6 Å². The second-order valence-corrected chi connectivity index (χ2v) is 5.10. The van der Waals surface area contributed by atoms with Crippen molar-refractivity contribution < 1.29 is 0 Å². The highest BCUT2D eigenvalue weighted by molar-refractivity contribution is 7.71. The van der Waals surface area contributed by atoms with Gasteiger partial charge in [0.25, 0.3) is 0 Å². The van der Waals surface area contributed by atoms with Crippen LogP contribution < -0.4 is 4.90 Å². The van der Waals surface area contributed by atoms with Crippen molar-refractivity contribution >= 4 is 18.2 Å². The third kappa shape index (κ3) is 4.10. The largest absolute Gasteiger partial charge is 0.341 e. The molecule has 0 aliphatic rings. The molecule has 0 spiro atoms. The Bertz CT molecular complexity index is 395. The van der Waals surface area contributed by atoms with Gasteiger partial charge in [-0.3, -0.25) is 4.57 Å². The van der Waals surface area contributed by atoms with E-state index in [0.717, 1.165) is 49.7 Å². The molecule has 1 aromatic heterocycles. The van der Waals surface area contributed by atoms with Gasteiger partial charge in [0.1, 0.15) is 0 Å². The number of nitrogens with zero attached hydrogens (tertiary/aromatic N) is 4. The lowest BCUT2D eigenvalue weighted by molar-refractivity contribution is 0.400. The van der Waals surface area contributed by atoms with E-state index in [4.69, 9.17) is 12.2 Å². The predicted molar refractivity (Wildman–Crippen MR) is 78.8 cm³/mol.